The molecule has 1 aromatic rings. The van der Waals surface area contributed by atoms with Crippen molar-refractivity contribution >= 4 is 5.97 Å². The summed E-state index contributed by atoms with van der Waals surface area (Å²) >= 11 is 0. The molecule has 0 aliphatic carbocycles. The van der Waals surface area contributed by atoms with Crippen LogP contribution in [0, 0.1) is 5.41 Å². The second-order valence-electron chi connectivity index (χ2n) is 4.85. The molecule has 0 unspecified atom stereocenters. The van der Waals surface area contributed by atoms with Gasteiger partial charge < -0.3 is 5.11 Å². The molecule has 1 heterocycles. The fourth-order valence-electron chi connectivity index (χ4n) is 1.66. The van der Waals surface area contributed by atoms with E-state index in [9.17, 15) is 9.59 Å². The summed E-state index contributed by atoms with van der Waals surface area (Å²) in [5.41, 5.74) is -0.752. The van der Waals surface area contributed by atoms with Crippen LogP contribution in [0.1, 0.15) is 33.6 Å². The third kappa shape index (κ3) is 3.22. The Kier molecular flexibility index (Phi) is 4.15. The Morgan fingerprint density at radius 3 is 2.41 bits per heavy atom. The molecule has 0 atom stereocenters. The van der Waals surface area contributed by atoms with Crippen LogP contribution in [-0.2, 0) is 17.9 Å². The van der Waals surface area contributed by atoms with Crippen molar-refractivity contribution in [1.29, 1.82) is 0 Å². The molecular formula is C12H20N2O3. The fraction of sp³-hybridized carbons (Fsp3) is 0.667. The fourth-order valence-corrected chi connectivity index (χ4v) is 1.66. The first kappa shape index (κ1) is 13.5. The number of aliphatic carboxylic acids is 1. The monoisotopic (exact) mass is 240 g/mol. The van der Waals surface area contributed by atoms with Crippen molar-refractivity contribution in [1.82, 2.24) is 9.13 Å². The summed E-state index contributed by atoms with van der Waals surface area (Å²) in [7, 11) is 0. The van der Waals surface area contributed by atoms with E-state index in [1.165, 1.54) is 0 Å². The van der Waals surface area contributed by atoms with Crippen LogP contribution in [0.5, 0.6) is 0 Å². The van der Waals surface area contributed by atoms with Gasteiger partial charge in [0.05, 0.1) is 5.41 Å². The SMILES string of the molecule is CCn1ccn(CCCC(C)(C)C(=O)O)c1=O. The van der Waals surface area contributed by atoms with Gasteiger partial charge in [-0.05, 0) is 33.6 Å². The molecule has 0 saturated heterocycles. The van der Waals surface area contributed by atoms with Crippen molar-refractivity contribution < 1.29 is 9.90 Å². The third-order valence-corrected chi connectivity index (χ3v) is 3.04. The Morgan fingerprint density at radius 2 is 1.94 bits per heavy atom. The lowest BCUT2D eigenvalue weighted by atomic mass is 9.88. The quantitative estimate of drug-likeness (QED) is 0.820. The molecule has 17 heavy (non-hydrogen) atoms. The average Bonchev–Trinajstić information content (AvgIpc) is 2.59. The van der Waals surface area contributed by atoms with Gasteiger partial charge in [-0.1, -0.05) is 0 Å². The Labute approximate surface area is 101 Å². The van der Waals surface area contributed by atoms with E-state index >= 15 is 0 Å². The van der Waals surface area contributed by atoms with E-state index < -0.39 is 11.4 Å². The Hall–Kier alpha value is -1.52. The van der Waals surface area contributed by atoms with Crippen LogP contribution in [0.25, 0.3) is 0 Å². The highest BCUT2D eigenvalue weighted by Gasteiger charge is 2.26. The summed E-state index contributed by atoms with van der Waals surface area (Å²) in [5, 5.41) is 8.96. The number of rotatable bonds is 6. The molecule has 5 nitrogen and oxygen atoms in total. The van der Waals surface area contributed by atoms with Crippen LogP contribution in [0.2, 0.25) is 0 Å². The van der Waals surface area contributed by atoms with E-state index in [1.807, 2.05) is 6.92 Å². The van der Waals surface area contributed by atoms with Gasteiger partial charge in [0, 0.05) is 25.5 Å². The molecule has 0 saturated carbocycles. The first-order chi connectivity index (χ1) is 7.88. The number of aryl methyl sites for hydroxylation is 2. The topological polar surface area (TPSA) is 64.2 Å². The molecule has 0 fully saturated rings. The maximum Gasteiger partial charge on any atom is 0.328 e. The van der Waals surface area contributed by atoms with E-state index in [-0.39, 0.29) is 5.69 Å². The molecule has 0 aromatic carbocycles. The molecular weight excluding hydrogens is 220 g/mol. The van der Waals surface area contributed by atoms with E-state index in [1.54, 1.807) is 35.4 Å². The summed E-state index contributed by atoms with van der Waals surface area (Å²) in [6.45, 7) is 6.55. The molecule has 1 rings (SSSR count). The number of hydrogen-bond acceptors (Lipinski definition) is 2. The molecule has 0 amide bonds. The zero-order valence-electron chi connectivity index (χ0n) is 10.6. The number of imidazole rings is 1. The molecule has 1 aromatic heterocycles. The van der Waals surface area contributed by atoms with Crippen LogP contribution in [-0.4, -0.2) is 20.2 Å². The van der Waals surface area contributed by atoms with Gasteiger partial charge in [0.15, 0.2) is 0 Å². The molecule has 0 aliphatic heterocycles. The molecule has 0 bridgehead atoms. The molecule has 96 valence electrons. The highest BCUT2D eigenvalue weighted by Crippen LogP contribution is 2.22. The maximum atomic E-state index is 11.7. The lowest BCUT2D eigenvalue weighted by Crippen LogP contribution is -2.26. The number of carbonyl (C=O) groups is 1. The predicted octanol–water partition coefficient (Wildman–Crippen LogP) is 1.56. The van der Waals surface area contributed by atoms with Crippen molar-refractivity contribution in [3.63, 3.8) is 0 Å². The molecule has 5 heteroatoms. The predicted molar refractivity (Wildman–Crippen MR) is 65.0 cm³/mol. The second kappa shape index (κ2) is 5.21. The Balaban J connectivity index is 2.55. The number of hydrogen-bond donors (Lipinski definition) is 1. The van der Waals surface area contributed by atoms with Crippen molar-refractivity contribution in [2.75, 3.05) is 0 Å². The molecule has 0 spiro atoms. The van der Waals surface area contributed by atoms with Crippen LogP contribution < -0.4 is 5.69 Å². The van der Waals surface area contributed by atoms with Gasteiger partial charge in [0.25, 0.3) is 0 Å². The van der Waals surface area contributed by atoms with Crippen molar-refractivity contribution in [2.45, 2.75) is 46.7 Å². The summed E-state index contributed by atoms with van der Waals surface area (Å²) in [4.78, 5) is 22.6. The minimum Gasteiger partial charge on any atom is -0.481 e. The Bertz CT molecular complexity index is 443. The highest BCUT2D eigenvalue weighted by molar-refractivity contribution is 5.73. The minimum atomic E-state index is -0.795. The summed E-state index contributed by atoms with van der Waals surface area (Å²) in [6.07, 6.45) is 4.75. The highest BCUT2D eigenvalue weighted by atomic mass is 16.4. The number of aromatic nitrogens is 2. The second-order valence-corrected chi connectivity index (χ2v) is 4.85. The van der Waals surface area contributed by atoms with Crippen LogP contribution >= 0.6 is 0 Å². The summed E-state index contributed by atoms with van der Waals surface area (Å²) in [5.74, 6) is -0.795. The van der Waals surface area contributed by atoms with Gasteiger partial charge in [-0.25, -0.2) is 4.79 Å². The van der Waals surface area contributed by atoms with E-state index in [0.717, 1.165) is 0 Å². The number of carboxylic acid groups (broad SMARTS) is 1. The first-order valence-corrected chi connectivity index (χ1v) is 5.87. The first-order valence-electron chi connectivity index (χ1n) is 5.87. The summed E-state index contributed by atoms with van der Waals surface area (Å²) in [6, 6.07) is 0. The van der Waals surface area contributed by atoms with Crippen molar-refractivity contribution in [3.05, 3.63) is 22.9 Å². The minimum absolute atomic E-state index is 0.0272. The normalized spacial score (nSPS) is 11.7. The zero-order valence-corrected chi connectivity index (χ0v) is 10.6. The van der Waals surface area contributed by atoms with E-state index in [4.69, 9.17) is 5.11 Å². The standard InChI is InChI=1S/C12H20N2O3/c1-4-13-8-9-14(11(13)17)7-5-6-12(2,3)10(15)16/h8-9H,4-7H2,1-3H3,(H,15,16). The van der Waals surface area contributed by atoms with Crippen LogP contribution in [0.3, 0.4) is 0 Å². The smallest absolute Gasteiger partial charge is 0.328 e. The number of carboxylic acids is 1. The zero-order chi connectivity index (χ0) is 13.1. The Morgan fingerprint density at radius 1 is 1.35 bits per heavy atom. The summed E-state index contributed by atoms with van der Waals surface area (Å²) < 4.78 is 3.25. The molecule has 1 N–H and O–H groups in total. The lowest BCUT2D eigenvalue weighted by molar-refractivity contribution is -0.147. The van der Waals surface area contributed by atoms with E-state index in [0.29, 0.717) is 25.9 Å². The maximum absolute atomic E-state index is 11.7. The molecule has 0 radical (unpaired) electrons. The van der Waals surface area contributed by atoms with Gasteiger partial charge in [-0.2, -0.15) is 0 Å². The lowest BCUT2D eigenvalue weighted by Gasteiger charge is -2.18. The van der Waals surface area contributed by atoms with Gasteiger partial charge in [0.1, 0.15) is 0 Å². The average molecular weight is 240 g/mol. The number of nitrogens with zero attached hydrogens (tertiary/aromatic N) is 2. The van der Waals surface area contributed by atoms with E-state index in [2.05, 4.69) is 0 Å². The molecule has 0 aliphatic rings. The van der Waals surface area contributed by atoms with Gasteiger partial charge in [-0.15, -0.1) is 0 Å². The van der Waals surface area contributed by atoms with Gasteiger partial charge >= 0.3 is 11.7 Å². The van der Waals surface area contributed by atoms with Gasteiger partial charge in [-0.3, -0.25) is 13.9 Å². The van der Waals surface area contributed by atoms with Crippen LogP contribution in [0.4, 0.5) is 0 Å². The van der Waals surface area contributed by atoms with Crippen molar-refractivity contribution in [2.24, 2.45) is 5.41 Å². The third-order valence-electron chi connectivity index (χ3n) is 3.04. The van der Waals surface area contributed by atoms with Crippen molar-refractivity contribution in [3.8, 4) is 0 Å². The van der Waals surface area contributed by atoms with Gasteiger partial charge in [0.2, 0.25) is 0 Å². The largest absolute Gasteiger partial charge is 0.481 e. The van der Waals surface area contributed by atoms with Crippen LogP contribution in [0.15, 0.2) is 17.2 Å².